The number of hydrogen-bond donors (Lipinski definition) is 0. The molecule has 27 heavy (non-hydrogen) atoms. The van der Waals surface area contributed by atoms with Crippen molar-refractivity contribution in [2.45, 2.75) is 39.4 Å². The van der Waals surface area contributed by atoms with Gasteiger partial charge in [0.25, 0.3) is 0 Å². The van der Waals surface area contributed by atoms with Crippen LogP contribution in [0.2, 0.25) is 0 Å². The molecule has 1 aromatic rings. The Morgan fingerprint density at radius 3 is 2.81 bits per heavy atom. The lowest BCUT2D eigenvalue weighted by atomic mass is 9.60. The third-order valence-electron chi connectivity index (χ3n) is 6.15. The van der Waals surface area contributed by atoms with Gasteiger partial charge in [-0.05, 0) is 43.2 Å². The van der Waals surface area contributed by atoms with Crippen molar-refractivity contribution in [1.82, 2.24) is 0 Å². The molecule has 3 aliphatic rings. The Hall–Kier alpha value is -2.60. The van der Waals surface area contributed by atoms with Crippen LogP contribution in [0.25, 0.3) is 0 Å². The largest absolute Gasteiger partial charge is 0.457 e. The number of carbonyl (C=O) groups is 2. The van der Waals surface area contributed by atoms with Gasteiger partial charge in [-0.3, -0.25) is 0 Å². The maximum atomic E-state index is 12.4. The highest BCUT2D eigenvalue weighted by molar-refractivity contribution is 5.94. The highest BCUT2D eigenvalue weighted by Crippen LogP contribution is 2.54. The van der Waals surface area contributed by atoms with E-state index in [1.807, 2.05) is 19.1 Å². The summed E-state index contributed by atoms with van der Waals surface area (Å²) in [6.45, 7) is 5.96. The molecule has 4 atom stereocenters. The van der Waals surface area contributed by atoms with Crippen LogP contribution in [0.1, 0.15) is 37.7 Å². The van der Waals surface area contributed by atoms with Crippen LogP contribution < -0.4 is 0 Å². The van der Waals surface area contributed by atoms with Gasteiger partial charge in [0.05, 0.1) is 6.26 Å². The molecule has 0 saturated heterocycles. The number of esters is 2. The van der Waals surface area contributed by atoms with E-state index in [2.05, 4.69) is 6.92 Å². The summed E-state index contributed by atoms with van der Waals surface area (Å²) in [6.07, 6.45) is 5.09. The molecule has 0 radical (unpaired) electrons. The first-order chi connectivity index (χ1) is 12.8. The van der Waals surface area contributed by atoms with Gasteiger partial charge in [-0.2, -0.15) is 0 Å². The van der Waals surface area contributed by atoms with Crippen LogP contribution in [0.4, 0.5) is 0 Å². The van der Waals surface area contributed by atoms with Crippen LogP contribution in [0.3, 0.4) is 0 Å². The van der Waals surface area contributed by atoms with E-state index in [4.69, 9.17) is 18.6 Å². The minimum atomic E-state index is -0.513. The van der Waals surface area contributed by atoms with E-state index in [0.717, 1.165) is 11.1 Å². The van der Waals surface area contributed by atoms with Crippen LogP contribution in [-0.4, -0.2) is 31.3 Å². The van der Waals surface area contributed by atoms with Gasteiger partial charge in [-0.1, -0.05) is 13.8 Å². The van der Waals surface area contributed by atoms with Crippen LogP contribution >= 0.6 is 0 Å². The van der Waals surface area contributed by atoms with Crippen LogP contribution in [0.15, 0.2) is 57.4 Å². The molecule has 0 saturated carbocycles. The highest BCUT2D eigenvalue weighted by Gasteiger charge is 2.51. The Morgan fingerprint density at radius 1 is 1.37 bits per heavy atom. The quantitative estimate of drug-likeness (QED) is 0.758. The van der Waals surface area contributed by atoms with Crippen LogP contribution in [0.5, 0.6) is 0 Å². The fourth-order valence-electron chi connectivity index (χ4n) is 4.19. The van der Waals surface area contributed by atoms with E-state index in [-0.39, 0.29) is 23.1 Å². The van der Waals surface area contributed by atoms with Gasteiger partial charge in [0.15, 0.2) is 0 Å². The summed E-state index contributed by atoms with van der Waals surface area (Å²) >= 11 is 0. The highest BCUT2D eigenvalue weighted by atomic mass is 16.6. The zero-order valence-electron chi connectivity index (χ0n) is 15.8. The third-order valence-corrected chi connectivity index (χ3v) is 6.15. The molecule has 0 fully saturated rings. The van der Waals surface area contributed by atoms with Crippen molar-refractivity contribution in [2.24, 2.45) is 11.3 Å². The second-order valence-corrected chi connectivity index (χ2v) is 7.55. The maximum absolute atomic E-state index is 12.4. The summed E-state index contributed by atoms with van der Waals surface area (Å²) in [6, 6.07) is 3.22. The Balaban J connectivity index is 1.70. The summed E-state index contributed by atoms with van der Waals surface area (Å²) in [5.74, 6) is -0.0716. The van der Waals surface area contributed by atoms with Gasteiger partial charge in [0, 0.05) is 29.6 Å². The van der Waals surface area contributed by atoms with Crippen LogP contribution in [-0.2, 0) is 19.0 Å². The van der Waals surface area contributed by atoms with Crippen molar-refractivity contribution in [1.29, 1.82) is 0 Å². The van der Waals surface area contributed by atoms with E-state index in [1.54, 1.807) is 26.2 Å². The van der Waals surface area contributed by atoms with Gasteiger partial charge in [0.2, 0.25) is 5.76 Å². The molecular formula is C21H22O6. The molecule has 2 heterocycles. The molecule has 6 heteroatoms. The topological polar surface area (TPSA) is 75.0 Å². The predicted molar refractivity (Wildman–Crippen MR) is 95.6 cm³/mol. The number of carbonyl (C=O) groups excluding carboxylic acids is 2. The lowest BCUT2D eigenvalue weighted by molar-refractivity contribution is -0.133. The van der Waals surface area contributed by atoms with Crippen molar-refractivity contribution < 1.29 is 28.2 Å². The first-order valence-electron chi connectivity index (χ1n) is 8.98. The minimum absolute atomic E-state index is 0.0461. The van der Waals surface area contributed by atoms with Crippen molar-refractivity contribution in [3.63, 3.8) is 0 Å². The number of fused-ring (bicyclic) bond motifs is 2. The Bertz CT molecular complexity index is 888. The summed E-state index contributed by atoms with van der Waals surface area (Å²) in [5.41, 5.74) is 2.30. The standard InChI is InChI=1S/C21H22O6/c1-11-14-10-21(3)12(2)18(27-20(23)15-6-5-7-25-15)17(24-4)9-13(21)8-16(14)26-19(11)22/h5-9,12,17-18H,10H2,1-4H3/t12-,17-,18+,21+/m0/s1. The normalized spacial score (nSPS) is 32.3. The number of methoxy groups -OCH3 is 1. The zero-order valence-corrected chi connectivity index (χ0v) is 15.8. The van der Waals surface area contributed by atoms with E-state index >= 15 is 0 Å². The monoisotopic (exact) mass is 370 g/mol. The Morgan fingerprint density at radius 2 is 2.15 bits per heavy atom. The fraction of sp³-hybridized carbons (Fsp3) is 0.429. The molecule has 4 rings (SSSR count). The molecule has 142 valence electrons. The van der Waals surface area contributed by atoms with Crippen molar-refractivity contribution in [3.05, 3.63) is 58.8 Å². The number of hydrogen-bond acceptors (Lipinski definition) is 6. The number of allylic oxidation sites excluding steroid dienone is 3. The van der Waals surface area contributed by atoms with Crippen molar-refractivity contribution in [2.75, 3.05) is 7.11 Å². The van der Waals surface area contributed by atoms with E-state index in [0.29, 0.717) is 17.8 Å². The van der Waals surface area contributed by atoms with Gasteiger partial charge < -0.3 is 18.6 Å². The molecule has 2 aliphatic carbocycles. The van der Waals surface area contributed by atoms with Gasteiger partial charge >= 0.3 is 11.9 Å². The number of rotatable bonds is 3. The average molecular weight is 370 g/mol. The molecule has 0 aromatic carbocycles. The molecule has 0 N–H and O–H groups in total. The number of ether oxygens (including phenoxy) is 3. The smallest absolute Gasteiger partial charge is 0.374 e. The second-order valence-electron chi connectivity index (χ2n) is 7.55. The zero-order chi connectivity index (χ0) is 19.3. The van der Waals surface area contributed by atoms with Crippen molar-refractivity contribution >= 4 is 11.9 Å². The fourth-order valence-corrected chi connectivity index (χ4v) is 4.19. The summed E-state index contributed by atoms with van der Waals surface area (Å²) in [5, 5.41) is 0. The summed E-state index contributed by atoms with van der Waals surface area (Å²) < 4.78 is 21.9. The third kappa shape index (κ3) is 2.67. The molecule has 0 amide bonds. The lowest BCUT2D eigenvalue weighted by Crippen LogP contribution is -2.49. The molecule has 1 aromatic heterocycles. The Kier molecular flexibility index (Phi) is 4.11. The maximum Gasteiger partial charge on any atom is 0.374 e. The molecule has 6 nitrogen and oxygen atoms in total. The van der Waals surface area contributed by atoms with Crippen molar-refractivity contribution in [3.8, 4) is 0 Å². The van der Waals surface area contributed by atoms with Gasteiger partial charge in [0.1, 0.15) is 18.0 Å². The Labute approximate surface area is 157 Å². The molecule has 0 unspecified atom stereocenters. The van der Waals surface area contributed by atoms with Gasteiger partial charge in [-0.25, -0.2) is 9.59 Å². The van der Waals surface area contributed by atoms with E-state index in [1.165, 1.54) is 6.26 Å². The molecular weight excluding hydrogens is 348 g/mol. The first-order valence-corrected chi connectivity index (χ1v) is 8.98. The SMILES string of the molecule is CO[C@H]1C=C2C=C3OC(=O)C(C)=C3C[C@]2(C)[C@@H](C)[C@H]1OC(=O)c1ccco1. The predicted octanol–water partition coefficient (Wildman–Crippen LogP) is 3.56. The lowest BCUT2D eigenvalue weighted by Gasteiger charge is -2.48. The first kappa shape index (κ1) is 17.8. The minimum Gasteiger partial charge on any atom is -0.457 e. The van der Waals surface area contributed by atoms with E-state index < -0.39 is 18.2 Å². The average Bonchev–Trinajstić information content (AvgIpc) is 3.27. The second kappa shape index (κ2) is 6.23. The summed E-state index contributed by atoms with van der Waals surface area (Å²) in [7, 11) is 1.59. The molecule has 0 spiro atoms. The van der Waals surface area contributed by atoms with Gasteiger partial charge in [-0.15, -0.1) is 0 Å². The number of furan rings is 1. The molecule has 1 aliphatic heterocycles. The van der Waals surface area contributed by atoms with E-state index in [9.17, 15) is 9.59 Å². The van der Waals surface area contributed by atoms with Crippen LogP contribution in [0, 0.1) is 11.3 Å². The molecule has 0 bridgehead atoms. The summed E-state index contributed by atoms with van der Waals surface area (Å²) in [4.78, 5) is 24.4.